The second-order valence-electron chi connectivity index (χ2n) is 4.00. The Bertz CT molecular complexity index is 391. The molecule has 0 aliphatic carbocycles. The third-order valence-corrected chi connectivity index (χ3v) is 3.08. The summed E-state index contributed by atoms with van der Waals surface area (Å²) in [6, 6.07) is 4.56. The maximum Gasteiger partial charge on any atom is 0.165 e. The number of hydrogen-bond donors (Lipinski definition) is 1. The summed E-state index contributed by atoms with van der Waals surface area (Å²) in [6.45, 7) is 4.74. The van der Waals surface area contributed by atoms with E-state index in [0.29, 0.717) is 18.1 Å². The van der Waals surface area contributed by atoms with Crippen molar-refractivity contribution >= 4 is 17.2 Å². The summed E-state index contributed by atoms with van der Waals surface area (Å²) in [7, 11) is 0. The highest BCUT2D eigenvalue weighted by atomic mass is 32.1. The van der Waals surface area contributed by atoms with Gasteiger partial charge >= 0.3 is 0 Å². The highest BCUT2D eigenvalue weighted by Gasteiger charge is 2.09. The van der Waals surface area contributed by atoms with Crippen molar-refractivity contribution in [1.82, 2.24) is 0 Å². The first-order chi connectivity index (χ1) is 8.08. The Kier molecular flexibility index (Phi) is 5.35. The summed E-state index contributed by atoms with van der Waals surface area (Å²) in [6.07, 6.45) is 2.06. The molecule has 17 heavy (non-hydrogen) atoms. The molecule has 1 rings (SSSR count). The van der Waals surface area contributed by atoms with Gasteiger partial charge in [-0.3, -0.25) is 0 Å². The van der Waals surface area contributed by atoms with Crippen LogP contribution in [0.5, 0.6) is 5.75 Å². The molecule has 0 unspecified atom stereocenters. The lowest BCUT2D eigenvalue weighted by atomic mass is 10.1. The molecule has 1 aromatic carbocycles. The largest absolute Gasteiger partial charge is 0.490 e. The van der Waals surface area contributed by atoms with Crippen molar-refractivity contribution in [2.24, 2.45) is 11.7 Å². The van der Waals surface area contributed by atoms with Gasteiger partial charge in [-0.05, 0) is 24.1 Å². The average Bonchev–Trinajstić information content (AvgIpc) is 2.31. The van der Waals surface area contributed by atoms with E-state index in [2.05, 4.69) is 13.8 Å². The Morgan fingerprint density at radius 3 is 2.53 bits per heavy atom. The fraction of sp³-hybridized carbons (Fsp3) is 0.462. The Balaban J connectivity index is 2.69. The first kappa shape index (κ1) is 13.9. The molecule has 0 fully saturated rings. The molecule has 1 aromatic rings. The second kappa shape index (κ2) is 6.55. The number of nitrogens with two attached hydrogens (primary N) is 1. The van der Waals surface area contributed by atoms with Crippen molar-refractivity contribution in [2.45, 2.75) is 26.7 Å². The summed E-state index contributed by atoms with van der Waals surface area (Å²) in [5, 5.41) is 0. The molecule has 0 spiro atoms. The molecule has 2 nitrogen and oxygen atoms in total. The van der Waals surface area contributed by atoms with Crippen LogP contribution in [-0.4, -0.2) is 11.6 Å². The van der Waals surface area contributed by atoms with E-state index in [1.807, 2.05) is 0 Å². The third kappa shape index (κ3) is 3.97. The van der Waals surface area contributed by atoms with Gasteiger partial charge in [0.1, 0.15) is 4.99 Å². The molecule has 0 aromatic heterocycles. The standard InChI is InChI=1S/C13H18FNOS/c1-3-9(4-2)8-16-12-6-5-10(13(15)17)7-11(12)14/h5-7,9H,3-4,8H2,1-2H3,(H2,15,17). The first-order valence-corrected chi connectivity index (χ1v) is 6.21. The van der Waals surface area contributed by atoms with Gasteiger partial charge in [0.25, 0.3) is 0 Å². The topological polar surface area (TPSA) is 35.2 Å². The van der Waals surface area contributed by atoms with Crippen molar-refractivity contribution in [1.29, 1.82) is 0 Å². The van der Waals surface area contributed by atoms with E-state index < -0.39 is 5.82 Å². The van der Waals surface area contributed by atoms with Crippen molar-refractivity contribution in [3.63, 3.8) is 0 Å². The molecule has 0 amide bonds. The van der Waals surface area contributed by atoms with E-state index in [4.69, 9.17) is 22.7 Å². The Morgan fingerprint density at radius 1 is 1.41 bits per heavy atom. The number of halogens is 1. The van der Waals surface area contributed by atoms with Gasteiger partial charge in [-0.15, -0.1) is 0 Å². The zero-order valence-electron chi connectivity index (χ0n) is 10.2. The summed E-state index contributed by atoms with van der Waals surface area (Å²) in [4.78, 5) is 0.190. The molecular weight excluding hydrogens is 237 g/mol. The molecule has 0 saturated carbocycles. The molecule has 0 radical (unpaired) electrons. The van der Waals surface area contributed by atoms with Gasteiger partial charge in [0.05, 0.1) is 6.61 Å². The smallest absolute Gasteiger partial charge is 0.165 e. The molecule has 0 saturated heterocycles. The molecule has 0 atom stereocenters. The minimum atomic E-state index is -0.416. The quantitative estimate of drug-likeness (QED) is 0.792. The predicted octanol–water partition coefficient (Wildman–Crippen LogP) is 3.27. The van der Waals surface area contributed by atoms with Crippen LogP contribution in [0.4, 0.5) is 4.39 Å². The molecule has 0 bridgehead atoms. The number of ether oxygens (including phenoxy) is 1. The number of hydrogen-bond acceptors (Lipinski definition) is 2. The van der Waals surface area contributed by atoms with Gasteiger partial charge in [-0.25, -0.2) is 4.39 Å². The summed E-state index contributed by atoms with van der Waals surface area (Å²) in [5.41, 5.74) is 5.94. The molecule has 0 aliphatic heterocycles. The van der Waals surface area contributed by atoms with E-state index in [-0.39, 0.29) is 10.7 Å². The van der Waals surface area contributed by atoms with Crippen LogP contribution < -0.4 is 10.5 Å². The van der Waals surface area contributed by atoms with Crippen LogP contribution in [0.15, 0.2) is 18.2 Å². The van der Waals surface area contributed by atoms with Gasteiger partial charge in [0.2, 0.25) is 0 Å². The third-order valence-electron chi connectivity index (χ3n) is 2.85. The van der Waals surface area contributed by atoms with Crippen molar-refractivity contribution in [2.75, 3.05) is 6.61 Å². The van der Waals surface area contributed by atoms with Crippen LogP contribution >= 0.6 is 12.2 Å². The minimum absolute atomic E-state index is 0.190. The Morgan fingerprint density at radius 2 is 2.06 bits per heavy atom. The molecule has 94 valence electrons. The van der Waals surface area contributed by atoms with Crippen molar-refractivity contribution < 1.29 is 9.13 Å². The van der Waals surface area contributed by atoms with Gasteiger partial charge in [-0.2, -0.15) is 0 Å². The van der Waals surface area contributed by atoms with E-state index in [1.165, 1.54) is 6.07 Å². The molecule has 4 heteroatoms. The highest BCUT2D eigenvalue weighted by Crippen LogP contribution is 2.20. The lowest BCUT2D eigenvalue weighted by molar-refractivity contribution is 0.231. The Labute approximate surface area is 107 Å². The fourth-order valence-electron chi connectivity index (χ4n) is 1.50. The monoisotopic (exact) mass is 255 g/mol. The number of rotatable bonds is 6. The second-order valence-corrected chi connectivity index (χ2v) is 4.44. The number of benzene rings is 1. The predicted molar refractivity (Wildman–Crippen MR) is 71.9 cm³/mol. The van der Waals surface area contributed by atoms with E-state index in [9.17, 15) is 4.39 Å². The lowest BCUT2D eigenvalue weighted by Gasteiger charge is -2.14. The van der Waals surface area contributed by atoms with E-state index in [0.717, 1.165) is 12.8 Å². The SMILES string of the molecule is CCC(CC)COc1ccc(C(N)=S)cc1F. The molecule has 0 aliphatic rings. The molecule has 2 N–H and O–H groups in total. The van der Waals surface area contributed by atoms with Crippen LogP contribution in [0, 0.1) is 11.7 Å². The maximum absolute atomic E-state index is 13.6. The zero-order chi connectivity index (χ0) is 12.8. The van der Waals surface area contributed by atoms with Crippen LogP contribution in [0.3, 0.4) is 0 Å². The normalized spacial score (nSPS) is 10.6. The van der Waals surface area contributed by atoms with Crippen LogP contribution in [-0.2, 0) is 0 Å². The lowest BCUT2D eigenvalue weighted by Crippen LogP contribution is -2.12. The van der Waals surface area contributed by atoms with Crippen LogP contribution in [0.2, 0.25) is 0 Å². The summed E-state index contributed by atoms with van der Waals surface area (Å²) in [5.74, 6) is 0.308. The van der Waals surface area contributed by atoms with Crippen LogP contribution in [0.1, 0.15) is 32.3 Å². The highest BCUT2D eigenvalue weighted by molar-refractivity contribution is 7.80. The Hall–Kier alpha value is -1.16. The summed E-state index contributed by atoms with van der Waals surface area (Å²) < 4.78 is 19.1. The zero-order valence-corrected chi connectivity index (χ0v) is 11.0. The fourth-order valence-corrected chi connectivity index (χ4v) is 1.63. The van der Waals surface area contributed by atoms with Gasteiger partial charge < -0.3 is 10.5 Å². The van der Waals surface area contributed by atoms with Gasteiger partial charge in [0, 0.05) is 5.56 Å². The van der Waals surface area contributed by atoms with E-state index in [1.54, 1.807) is 12.1 Å². The van der Waals surface area contributed by atoms with Crippen molar-refractivity contribution in [3.8, 4) is 5.75 Å². The summed E-state index contributed by atoms with van der Waals surface area (Å²) >= 11 is 4.78. The molecular formula is C13H18FNOS. The number of thiocarbonyl (C=S) groups is 1. The molecule has 0 heterocycles. The first-order valence-electron chi connectivity index (χ1n) is 5.80. The minimum Gasteiger partial charge on any atom is -0.490 e. The van der Waals surface area contributed by atoms with E-state index >= 15 is 0 Å². The maximum atomic E-state index is 13.6. The average molecular weight is 255 g/mol. The van der Waals surface area contributed by atoms with Gasteiger partial charge in [-0.1, -0.05) is 38.9 Å². The van der Waals surface area contributed by atoms with Crippen molar-refractivity contribution in [3.05, 3.63) is 29.6 Å². The van der Waals surface area contributed by atoms with Gasteiger partial charge in [0.15, 0.2) is 11.6 Å². The van der Waals surface area contributed by atoms with Crippen LogP contribution in [0.25, 0.3) is 0 Å².